The number of halogens is 1. The molecule has 1 heterocycles. The van der Waals surface area contributed by atoms with Gasteiger partial charge in [-0.1, -0.05) is 18.2 Å². The van der Waals surface area contributed by atoms with E-state index in [9.17, 15) is 0 Å². The van der Waals surface area contributed by atoms with Crippen molar-refractivity contribution in [3.63, 3.8) is 0 Å². The zero-order chi connectivity index (χ0) is 12.0. The molecule has 0 saturated carbocycles. The molecule has 3 heteroatoms. The number of hydrogen-bond donors (Lipinski definition) is 0. The van der Waals surface area contributed by atoms with Crippen molar-refractivity contribution < 1.29 is 4.74 Å². The Hall–Kier alpha value is -1.23. The molecule has 3 aromatic rings. The van der Waals surface area contributed by atoms with E-state index in [2.05, 4.69) is 56.8 Å². The van der Waals surface area contributed by atoms with Gasteiger partial charge in [-0.15, -0.1) is 0 Å². The first-order valence-corrected chi connectivity index (χ1v) is 6.43. The van der Waals surface area contributed by atoms with Gasteiger partial charge in [0.2, 0.25) is 0 Å². The van der Waals surface area contributed by atoms with Gasteiger partial charge in [0.1, 0.15) is 5.75 Å². The fourth-order valence-electron chi connectivity index (χ4n) is 2.27. The van der Waals surface area contributed by atoms with E-state index in [4.69, 9.17) is 4.74 Å². The number of nitrogens with zero attached hydrogens (tertiary/aromatic N) is 1. The van der Waals surface area contributed by atoms with Crippen LogP contribution in [0.4, 0.5) is 0 Å². The molecule has 17 heavy (non-hydrogen) atoms. The number of rotatable bonds is 1. The predicted octanol–water partition coefficient (Wildman–Crippen LogP) is 4.31. The van der Waals surface area contributed by atoms with Gasteiger partial charge in [-0.3, -0.25) is 2.78 Å². The monoisotopic (exact) mass is 337 g/mol. The maximum atomic E-state index is 5.46. The van der Waals surface area contributed by atoms with E-state index in [1.165, 1.54) is 27.4 Å². The Morgan fingerprint density at radius 2 is 1.94 bits per heavy atom. The fraction of sp³-hybridized carbons (Fsp3) is 0.143. The average Bonchev–Trinajstić information content (AvgIpc) is 2.63. The van der Waals surface area contributed by atoms with Crippen molar-refractivity contribution in [1.29, 1.82) is 0 Å². The van der Waals surface area contributed by atoms with Crippen LogP contribution in [0, 0.1) is 6.92 Å². The van der Waals surface area contributed by atoms with Crippen LogP contribution in [0.15, 0.2) is 36.4 Å². The first-order chi connectivity index (χ1) is 8.22. The molecule has 0 N–H and O–H groups in total. The van der Waals surface area contributed by atoms with Gasteiger partial charge in [0.15, 0.2) is 0 Å². The minimum absolute atomic E-state index is 0.937. The molecule has 0 atom stereocenters. The molecule has 2 nitrogen and oxygen atoms in total. The number of benzene rings is 2. The molecule has 1 aromatic heterocycles. The second kappa shape index (κ2) is 3.91. The minimum Gasteiger partial charge on any atom is -0.496 e. The van der Waals surface area contributed by atoms with E-state index in [1.807, 2.05) is 12.1 Å². The summed E-state index contributed by atoms with van der Waals surface area (Å²) in [4.78, 5) is 0. The molecule has 2 aromatic carbocycles. The average molecular weight is 337 g/mol. The van der Waals surface area contributed by atoms with Crippen molar-refractivity contribution >= 4 is 44.7 Å². The number of methoxy groups -OCH3 is 1. The summed E-state index contributed by atoms with van der Waals surface area (Å²) in [6.07, 6.45) is 0. The third-order valence-electron chi connectivity index (χ3n) is 3.07. The number of aryl methyl sites for hydroxylation is 1. The SMILES string of the molecule is COc1cccc2c1c1ccc(C)cc1n2I. The van der Waals surface area contributed by atoms with Gasteiger partial charge in [0, 0.05) is 5.39 Å². The Kier molecular flexibility index (Phi) is 2.50. The van der Waals surface area contributed by atoms with Crippen LogP contribution in [0.2, 0.25) is 0 Å². The van der Waals surface area contributed by atoms with E-state index >= 15 is 0 Å². The summed E-state index contributed by atoms with van der Waals surface area (Å²) < 4.78 is 7.65. The first-order valence-electron chi connectivity index (χ1n) is 5.46. The van der Waals surface area contributed by atoms with Crippen LogP contribution in [0.5, 0.6) is 5.75 Å². The van der Waals surface area contributed by atoms with E-state index in [0.29, 0.717) is 0 Å². The van der Waals surface area contributed by atoms with Gasteiger partial charge < -0.3 is 4.74 Å². The molecule has 0 radical (unpaired) electrons. The van der Waals surface area contributed by atoms with Crippen LogP contribution in [-0.4, -0.2) is 9.89 Å². The maximum Gasteiger partial charge on any atom is 0.128 e. The molecule has 0 spiro atoms. The Bertz CT molecular complexity index is 715. The Morgan fingerprint density at radius 1 is 1.12 bits per heavy atom. The molecule has 0 aliphatic rings. The molecule has 0 fully saturated rings. The van der Waals surface area contributed by atoms with Crippen LogP contribution >= 0.6 is 22.9 Å². The number of hydrogen-bond acceptors (Lipinski definition) is 1. The van der Waals surface area contributed by atoms with Crippen LogP contribution < -0.4 is 4.74 Å². The lowest BCUT2D eigenvalue weighted by Gasteiger charge is -2.01. The van der Waals surface area contributed by atoms with Crippen molar-refractivity contribution in [3.05, 3.63) is 42.0 Å². The minimum atomic E-state index is 0.937. The van der Waals surface area contributed by atoms with Crippen LogP contribution in [0.1, 0.15) is 5.56 Å². The molecule has 86 valence electrons. The normalized spacial score (nSPS) is 11.2. The Morgan fingerprint density at radius 3 is 2.71 bits per heavy atom. The van der Waals surface area contributed by atoms with Gasteiger partial charge in [0.05, 0.1) is 46.4 Å². The largest absolute Gasteiger partial charge is 0.496 e. The van der Waals surface area contributed by atoms with Gasteiger partial charge in [-0.2, -0.15) is 0 Å². The van der Waals surface area contributed by atoms with E-state index in [-0.39, 0.29) is 0 Å². The van der Waals surface area contributed by atoms with Gasteiger partial charge >= 0.3 is 0 Å². The van der Waals surface area contributed by atoms with Crippen molar-refractivity contribution in [3.8, 4) is 5.75 Å². The molecular formula is C14H12INO. The Balaban J connectivity index is 2.59. The summed E-state index contributed by atoms with van der Waals surface area (Å²) in [5, 5.41) is 2.44. The predicted molar refractivity (Wildman–Crippen MR) is 80.2 cm³/mol. The summed E-state index contributed by atoms with van der Waals surface area (Å²) in [5.74, 6) is 0.937. The van der Waals surface area contributed by atoms with E-state index < -0.39 is 0 Å². The molecule has 0 saturated heterocycles. The van der Waals surface area contributed by atoms with E-state index in [1.54, 1.807) is 7.11 Å². The second-order valence-corrected chi connectivity index (χ2v) is 5.12. The van der Waals surface area contributed by atoms with Crippen molar-refractivity contribution in [2.45, 2.75) is 6.92 Å². The number of ether oxygens (including phenoxy) is 1. The van der Waals surface area contributed by atoms with Crippen molar-refractivity contribution in [1.82, 2.24) is 2.78 Å². The van der Waals surface area contributed by atoms with Gasteiger partial charge in [-0.05, 0) is 30.7 Å². The molecular weight excluding hydrogens is 325 g/mol. The standard InChI is InChI=1S/C14H12INO/c1-9-6-7-10-12(8-9)16(15)11-4-3-5-13(17-2)14(10)11/h3-8H,1-2H3. The fourth-order valence-corrected chi connectivity index (χ4v) is 3.07. The highest BCUT2D eigenvalue weighted by Gasteiger charge is 2.12. The third kappa shape index (κ3) is 1.52. The topological polar surface area (TPSA) is 14.2 Å². The third-order valence-corrected chi connectivity index (χ3v) is 4.11. The highest BCUT2D eigenvalue weighted by Crippen LogP contribution is 2.36. The molecule has 0 amide bonds. The van der Waals surface area contributed by atoms with Gasteiger partial charge in [0.25, 0.3) is 0 Å². The van der Waals surface area contributed by atoms with Crippen LogP contribution in [-0.2, 0) is 0 Å². The summed E-state index contributed by atoms with van der Waals surface area (Å²) in [6.45, 7) is 2.12. The first kappa shape index (κ1) is 10.9. The Labute approximate surface area is 114 Å². The molecule has 0 bridgehead atoms. The lowest BCUT2D eigenvalue weighted by Crippen LogP contribution is -1.83. The molecule has 0 aliphatic heterocycles. The van der Waals surface area contributed by atoms with Gasteiger partial charge in [-0.25, -0.2) is 0 Å². The second-order valence-electron chi connectivity index (χ2n) is 4.16. The highest BCUT2D eigenvalue weighted by molar-refractivity contribution is 14.1. The number of aromatic nitrogens is 1. The summed E-state index contributed by atoms with van der Waals surface area (Å²) in [5.41, 5.74) is 3.72. The summed E-state index contributed by atoms with van der Waals surface area (Å²) in [6, 6.07) is 12.7. The molecule has 0 aliphatic carbocycles. The van der Waals surface area contributed by atoms with Crippen LogP contribution in [0.25, 0.3) is 21.8 Å². The maximum absolute atomic E-state index is 5.46. The highest BCUT2D eigenvalue weighted by atomic mass is 127. The molecule has 3 rings (SSSR count). The quantitative estimate of drug-likeness (QED) is 0.604. The summed E-state index contributed by atoms with van der Waals surface area (Å²) in [7, 11) is 1.72. The van der Waals surface area contributed by atoms with E-state index in [0.717, 1.165) is 5.75 Å². The lowest BCUT2D eigenvalue weighted by molar-refractivity contribution is 0.420. The van der Waals surface area contributed by atoms with Crippen LogP contribution in [0.3, 0.4) is 0 Å². The zero-order valence-corrected chi connectivity index (χ0v) is 11.9. The lowest BCUT2D eigenvalue weighted by atomic mass is 10.1. The zero-order valence-electron chi connectivity index (χ0n) is 9.70. The summed E-state index contributed by atoms with van der Waals surface area (Å²) >= 11 is 2.34. The van der Waals surface area contributed by atoms with Crippen molar-refractivity contribution in [2.24, 2.45) is 0 Å². The number of fused-ring (bicyclic) bond motifs is 3. The molecule has 0 unspecified atom stereocenters. The smallest absolute Gasteiger partial charge is 0.128 e. The van der Waals surface area contributed by atoms with Crippen molar-refractivity contribution in [2.75, 3.05) is 7.11 Å².